The van der Waals surface area contributed by atoms with Crippen LogP contribution in [0.5, 0.6) is 0 Å². The summed E-state index contributed by atoms with van der Waals surface area (Å²) in [4.78, 5) is 30.8. The van der Waals surface area contributed by atoms with Crippen molar-refractivity contribution in [3.8, 4) is 0 Å². The fourth-order valence-electron chi connectivity index (χ4n) is 5.44. The highest BCUT2D eigenvalue weighted by Gasteiger charge is 2.37. The first kappa shape index (κ1) is 26.1. The van der Waals surface area contributed by atoms with Gasteiger partial charge in [-0.05, 0) is 29.7 Å². The monoisotopic (exact) mass is 490 g/mol. The molecule has 0 radical (unpaired) electrons. The smallest absolute Gasteiger partial charge is 0.168 e. The molecule has 0 aliphatic heterocycles. The number of aliphatic hydroxyl groups excluding tert-OH is 1. The number of hydrogen-bond donors (Lipinski definition) is 1. The zero-order valence-corrected chi connectivity index (χ0v) is 21.8. The number of unbranched alkanes of at least 4 members (excludes halogenated alkanes) is 3. The number of nitrogens with zero attached hydrogens (tertiary/aromatic N) is 2. The Morgan fingerprint density at radius 3 is 2.61 bits per heavy atom. The van der Waals surface area contributed by atoms with Gasteiger partial charge < -0.3 is 9.63 Å². The average molecular weight is 491 g/mol. The topological polar surface area (TPSA) is 92.8 Å². The predicted octanol–water partition coefficient (Wildman–Crippen LogP) is 6.74. The number of hydrogen-bond acceptors (Lipinski definition) is 6. The van der Waals surface area contributed by atoms with Crippen molar-refractivity contribution in [3.05, 3.63) is 64.2 Å². The minimum absolute atomic E-state index is 0.0262. The van der Waals surface area contributed by atoms with Gasteiger partial charge in [0.1, 0.15) is 11.5 Å². The maximum absolute atomic E-state index is 13.0. The molecule has 0 amide bonds. The van der Waals surface area contributed by atoms with Gasteiger partial charge in [0, 0.05) is 44.4 Å². The van der Waals surface area contributed by atoms with Gasteiger partial charge in [-0.3, -0.25) is 14.6 Å². The van der Waals surface area contributed by atoms with Crippen LogP contribution in [0, 0.1) is 5.41 Å². The normalized spacial score (nSPS) is 22.1. The molecule has 1 unspecified atom stereocenters. The average Bonchev–Trinajstić information content (AvgIpc) is 3.25. The number of carbonyl (C=O) groups excluding carboxylic acids is 2. The van der Waals surface area contributed by atoms with Crippen LogP contribution in [0.3, 0.4) is 0 Å². The van der Waals surface area contributed by atoms with Crippen LogP contribution in [0.2, 0.25) is 0 Å². The van der Waals surface area contributed by atoms with Crippen molar-refractivity contribution >= 4 is 17.3 Å². The number of ketones is 2. The van der Waals surface area contributed by atoms with E-state index in [2.05, 4.69) is 25.9 Å². The Morgan fingerprint density at radius 2 is 1.86 bits per heavy atom. The molecule has 0 spiro atoms. The Hall–Kier alpha value is -3.02. The van der Waals surface area contributed by atoms with Gasteiger partial charge in [-0.2, -0.15) is 0 Å². The molecule has 0 bridgehead atoms. The predicted molar refractivity (Wildman–Crippen MR) is 141 cm³/mol. The Kier molecular flexibility index (Phi) is 8.22. The lowest BCUT2D eigenvalue weighted by Crippen LogP contribution is -2.33. The van der Waals surface area contributed by atoms with Crippen molar-refractivity contribution in [3.63, 3.8) is 0 Å². The maximum atomic E-state index is 13.0. The third-order valence-corrected chi connectivity index (χ3v) is 7.30. The van der Waals surface area contributed by atoms with E-state index in [0.717, 1.165) is 24.8 Å². The van der Waals surface area contributed by atoms with Crippen LogP contribution in [0.15, 0.2) is 51.2 Å². The SMILES string of the molecule is CCCCCCN=C1CC(C)(C)CC(=O)/C1=C(\O)CCc1noc2c1C(=O)CC(c1ccccc1)C2. The van der Waals surface area contributed by atoms with Crippen LogP contribution in [-0.4, -0.2) is 34.1 Å². The minimum atomic E-state index is -0.171. The first-order chi connectivity index (χ1) is 17.3. The van der Waals surface area contributed by atoms with Gasteiger partial charge in [-0.1, -0.05) is 75.5 Å². The maximum Gasteiger partial charge on any atom is 0.168 e. The van der Waals surface area contributed by atoms with Crippen LogP contribution >= 0.6 is 0 Å². The van der Waals surface area contributed by atoms with Crippen molar-refractivity contribution in [1.82, 2.24) is 5.16 Å². The van der Waals surface area contributed by atoms with Crippen molar-refractivity contribution in [1.29, 1.82) is 0 Å². The number of Topliss-reactive ketones (excluding diaryl/α,β-unsaturated/α-hetero) is 2. The lowest BCUT2D eigenvalue weighted by atomic mass is 9.73. The van der Waals surface area contributed by atoms with Crippen LogP contribution in [0.1, 0.15) is 105 Å². The second-order valence-electron chi connectivity index (χ2n) is 11.0. The van der Waals surface area contributed by atoms with E-state index in [1.807, 2.05) is 30.3 Å². The Morgan fingerprint density at radius 1 is 1.08 bits per heavy atom. The quantitative estimate of drug-likeness (QED) is 0.239. The molecule has 6 heteroatoms. The molecule has 1 aromatic carbocycles. The molecule has 2 aliphatic rings. The Bertz CT molecular complexity index is 1160. The highest BCUT2D eigenvalue weighted by atomic mass is 16.5. The molecule has 1 aromatic heterocycles. The standard InChI is InChI=1S/C30H38N2O4/c1-4-5-6-10-15-31-23-18-30(2,3)19-26(35)28(23)24(33)14-13-22-29-25(34)16-21(17-27(29)36-32-22)20-11-8-7-9-12-20/h7-9,11-12,21,33H,4-6,10,13-19H2,1-3H3/b28-24-,31-23?. The second-order valence-corrected chi connectivity index (χ2v) is 11.0. The largest absolute Gasteiger partial charge is 0.511 e. The molecular formula is C30H38N2O4. The molecule has 2 aliphatic carbocycles. The van der Waals surface area contributed by atoms with Gasteiger partial charge in [0.15, 0.2) is 11.6 Å². The Labute approximate surface area is 213 Å². The summed E-state index contributed by atoms with van der Waals surface area (Å²) in [5, 5.41) is 15.2. The number of aliphatic imine (C=N–C) groups is 1. The third kappa shape index (κ3) is 6.03. The van der Waals surface area contributed by atoms with Gasteiger partial charge in [0.05, 0.1) is 16.8 Å². The summed E-state index contributed by atoms with van der Waals surface area (Å²) < 4.78 is 5.58. The summed E-state index contributed by atoms with van der Waals surface area (Å²) in [5.74, 6) is 0.720. The van der Waals surface area contributed by atoms with Crippen molar-refractivity contribution in [2.24, 2.45) is 10.4 Å². The van der Waals surface area contributed by atoms with Crippen molar-refractivity contribution in [2.45, 2.75) is 90.9 Å². The molecule has 6 nitrogen and oxygen atoms in total. The number of aromatic nitrogens is 1. The third-order valence-electron chi connectivity index (χ3n) is 7.30. The van der Waals surface area contributed by atoms with E-state index in [9.17, 15) is 14.7 Å². The molecule has 2 aromatic rings. The van der Waals surface area contributed by atoms with E-state index in [0.29, 0.717) is 67.0 Å². The van der Waals surface area contributed by atoms with Gasteiger partial charge in [-0.15, -0.1) is 0 Å². The number of rotatable bonds is 9. The van der Waals surface area contributed by atoms with Crippen LogP contribution in [-0.2, 0) is 17.6 Å². The fraction of sp³-hybridized carbons (Fsp3) is 0.533. The van der Waals surface area contributed by atoms with Gasteiger partial charge in [-0.25, -0.2) is 0 Å². The van der Waals surface area contributed by atoms with E-state index >= 15 is 0 Å². The molecule has 192 valence electrons. The molecule has 1 saturated carbocycles. The Balaban J connectivity index is 1.49. The van der Waals surface area contributed by atoms with Crippen LogP contribution in [0.25, 0.3) is 0 Å². The molecule has 1 N–H and O–H groups in total. The lowest BCUT2D eigenvalue weighted by molar-refractivity contribution is -0.117. The van der Waals surface area contributed by atoms with Crippen LogP contribution < -0.4 is 0 Å². The molecule has 36 heavy (non-hydrogen) atoms. The number of aryl methyl sites for hydroxylation is 1. The fourth-order valence-corrected chi connectivity index (χ4v) is 5.44. The summed E-state index contributed by atoms with van der Waals surface area (Å²) in [6.07, 6.45) is 7.12. The number of aliphatic hydroxyl groups is 1. The first-order valence-corrected chi connectivity index (χ1v) is 13.3. The summed E-state index contributed by atoms with van der Waals surface area (Å²) in [6, 6.07) is 10.0. The van der Waals surface area contributed by atoms with Crippen molar-refractivity contribution in [2.75, 3.05) is 6.54 Å². The molecular weight excluding hydrogens is 452 g/mol. The van der Waals surface area contributed by atoms with E-state index in [1.54, 1.807) is 0 Å². The molecule has 0 saturated heterocycles. The zero-order valence-electron chi connectivity index (χ0n) is 21.8. The number of fused-ring (bicyclic) bond motifs is 1. The molecule has 1 atom stereocenters. The number of benzene rings is 1. The highest BCUT2D eigenvalue weighted by Crippen LogP contribution is 2.37. The minimum Gasteiger partial charge on any atom is -0.511 e. The second kappa shape index (κ2) is 11.4. The van der Waals surface area contributed by atoms with Gasteiger partial charge in [0.2, 0.25) is 0 Å². The molecule has 1 heterocycles. The van der Waals surface area contributed by atoms with E-state index < -0.39 is 0 Å². The highest BCUT2D eigenvalue weighted by molar-refractivity contribution is 6.24. The zero-order chi connectivity index (χ0) is 25.7. The molecule has 1 fully saturated rings. The summed E-state index contributed by atoms with van der Waals surface area (Å²) in [6.45, 7) is 6.99. The summed E-state index contributed by atoms with van der Waals surface area (Å²) in [7, 11) is 0. The van der Waals surface area contributed by atoms with E-state index in [-0.39, 0.29) is 35.1 Å². The number of carbonyl (C=O) groups is 2. The van der Waals surface area contributed by atoms with Crippen molar-refractivity contribution < 1.29 is 19.2 Å². The lowest BCUT2D eigenvalue weighted by Gasteiger charge is -2.31. The van der Waals surface area contributed by atoms with E-state index in [4.69, 9.17) is 9.52 Å². The number of allylic oxidation sites excluding steroid dienone is 2. The molecule has 4 rings (SSSR count). The van der Waals surface area contributed by atoms with Crippen LogP contribution in [0.4, 0.5) is 0 Å². The first-order valence-electron chi connectivity index (χ1n) is 13.3. The van der Waals surface area contributed by atoms with Gasteiger partial charge in [0.25, 0.3) is 0 Å². The summed E-state index contributed by atoms with van der Waals surface area (Å²) >= 11 is 0. The van der Waals surface area contributed by atoms with E-state index in [1.165, 1.54) is 6.42 Å². The summed E-state index contributed by atoms with van der Waals surface area (Å²) in [5.41, 5.74) is 3.16. The van der Waals surface area contributed by atoms with Gasteiger partial charge >= 0.3 is 0 Å².